The predicted octanol–water partition coefficient (Wildman–Crippen LogP) is 14.9. The lowest BCUT2D eigenvalue weighted by molar-refractivity contribution is 0.665. The van der Waals surface area contributed by atoms with Crippen LogP contribution in [-0.2, 0) is 0 Å². The van der Waals surface area contributed by atoms with Gasteiger partial charge in [0, 0.05) is 22.6 Å². The molecule has 1 aromatic heterocycles. The van der Waals surface area contributed by atoms with Gasteiger partial charge >= 0.3 is 0 Å². The van der Waals surface area contributed by atoms with Gasteiger partial charge in [-0.1, -0.05) is 151 Å². The minimum atomic E-state index is -1.62. The molecule has 10 aromatic rings. The molecule has 1 nitrogen and oxygen atoms in total. The second kappa shape index (κ2) is 10.8. The van der Waals surface area contributed by atoms with Gasteiger partial charge in [-0.25, -0.2) is 0 Å². The number of hydrogen-bond acceptors (Lipinski definition) is 1. The molecule has 0 aliphatic heterocycles. The van der Waals surface area contributed by atoms with Crippen LogP contribution in [0.2, 0.25) is 0 Å². The lowest BCUT2D eigenvalue weighted by Crippen LogP contribution is -2.21. The van der Waals surface area contributed by atoms with Crippen molar-refractivity contribution in [1.29, 1.82) is 0 Å². The molecule has 0 fully saturated rings. The smallest absolute Gasteiger partial charge is 0.136 e. The summed E-state index contributed by atoms with van der Waals surface area (Å²) in [6.45, 7) is 0. The van der Waals surface area contributed by atoms with E-state index >= 15 is 0 Å². The third kappa shape index (κ3) is 4.13. The lowest BCUT2D eigenvalue weighted by atomic mass is 9.68. The fraction of sp³-hybridized carbons (Fsp3) is 0.0370. The van der Waals surface area contributed by atoms with Crippen LogP contribution < -0.4 is 0 Å². The van der Waals surface area contributed by atoms with Gasteiger partial charge in [0.1, 0.15) is 11.2 Å². The molecule has 13 rings (SSSR count). The zero-order chi connectivity index (χ0) is 61.9. The Kier molecular flexibility index (Phi) is 2.58. The van der Waals surface area contributed by atoms with E-state index in [0.717, 1.165) is 0 Å². The molecule has 0 bridgehead atoms. The average molecular weight is 727 g/mol. The van der Waals surface area contributed by atoms with Crippen LogP contribution >= 0.6 is 0 Å². The molecule has 55 heavy (non-hydrogen) atoms. The number of rotatable bonds is 3. The Morgan fingerprint density at radius 1 is 0.473 bits per heavy atom. The Balaban J connectivity index is 1.29. The van der Waals surface area contributed by atoms with Crippen molar-refractivity contribution in [3.05, 3.63) is 191 Å². The van der Waals surface area contributed by atoms with Crippen LogP contribution in [0.3, 0.4) is 0 Å². The first kappa shape index (κ1) is 13.1. The first-order chi connectivity index (χ1) is 39.8. The van der Waals surface area contributed by atoms with Crippen molar-refractivity contribution in [1.82, 2.24) is 0 Å². The normalized spacial score (nSPS) is 25.9. The molecule has 3 aliphatic rings. The summed E-state index contributed by atoms with van der Waals surface area (Å²) in [5.41, 5.74) is -8.24. The first-order valence-electron chi connectivity index (χ1n) is 31.9. The minimum Gasteiger partial charge on any atom is -0.456 e. The zero-order valence-electron chi connectivity index (χ0n) is 57.6. The summed E-state index contributed by atoms with van der Waals surface area (Å²) in [6.07, 6.45) is 0. The number of allylic oxidation sites excluding steroid dienone is 6. The quantitative estimate of drug-likeness (QED) is 0.165. The molecule has 0 N–H and O–H groups in total. The Bertz CT molecular complexity index is 5150. The molecule has 0 saturated heterocycles. The van der Waals surface area contributed by atoms with Gasteiger partial charge in [0.15, 0.2) is 0 Å². The monoisotopic (exact) mass is 726 g/mol. The highest BCUT2D eigenvalue weighted by Gasteiger charge is 2.33. The molecule has 0 radical (unpaired) electrons. The van der Waals surface area contributed by atoms with Crippen LogP contribution in [-0.4, -0.2) is 0 Å². The summed E-state index contributed by atoms with van der Waals surface area (Å²) in [7, 11) is 0. The number of hydrogen-bond donors (Lipinski definition) is 0. The van der Waals surface area contributed by atoms with Crippen LogP contribution in [0.1, 0.15) is 63.7 Å². The van der Waals surface area contributed by atoms with Crippen LogP contribution in [0.15, 0.2) is 179 Å². The minimum absolute atomic E-state index is 0.328. The fourth-order valence-corrected chi connectivity index (χ4v) is 7.71. The molecular formula is C54H32O. The van der Waals surface area contributed by atoms with Gasteiger partial charge in [0.25, 0.3) is 0 Å². The molecule has 9 aromatic carbocycles. The fourth-order valence-electron chi connectivity index (χ4n) is 7.71. The molecule has 0 spiro atoms. The summed E-state index contributed by atoms with van der Waals surface area (Å²) in [5.74, 6) is -3.20. The van der Waals surface area contributed by atoms with Gasteiger partial charge in [-0.2, -0.15) is 0 Å². The highest BCUT2D eigenvalue weighted by molar-refractivity contribution is 6.25. The van der Waals surface area contributed by atoms with Crippen LogP contribution in [0.5, 0.6) is 0 Å². The maximum atomic E-state index is 10.5. The van der Waals surface area contributed by atoms with E-state index in [9.17, 15) is 23.3 Å². The molecule has 1 heteroatoms. The van der Waals surface area contributed by atoms with Crippen molar-refractivity contribution in [2.45, 2.75) is 5.92 Å². The second-order valence-corrected chi connectivity index (χ2v) is 13.1. The standard InChI is InChI=1S/C54H32O/c1-2-6-38-30-50-48(27-37(38)5-1)47-29-40(20-26-49(47)55-50)42-22-19-39(41-21-15-35-13-11-31-7-3-9-33-17-24-44(41)53(35)51(31)33)28-46(42)43-23-16-36-14-12-32-8-4-10-34-18-25-45(43)54(36)52(32)34/h1-30,34,52H/i1D,2D,3D,4D,5D,6D,7D,8D,9D,10D,11D,12D,13D,14D,15D,16D,17D,18D,19D,20D,21D,22D,23D,24D,25D,26D,27D,28D,29D,30D. The topological polar surface area (TPSA) is 13.1 Å². The maximum absolute atomic E-state index is 10.5. The Morgan fingerprint density at radius 2 is 1.20 bits per heavy atom. The van der Waals surface area contributed by atoms with E-state index in [0.29, 0.717) is 0 Å². The SMILES string of the molecule is [2H]C1=C([2H])c2c([2H])c([2H])c(-c3c([2H])c(-c4c([2H])c([2H])c5c([2H])c([2H])c6c([2H])c([2H])c([2H])c7c([2H])c([2H])c4c5c67)c([2H])c([2H])c3-c3c([2H])c([2H])c4oc5c([2H])c6c([2H])c([2H])c([2H])c([2H])c6c([2H])c5c4c3[2H])c3c2C2C1=C([2H])C([2H])=C([2H])C2C([2H])=C3[2H]. The van der Waals surface area contributed by atoms with E-state index in [1.807, 2.05) is 0 Å². The van der Waals surface area contributed by atoms with E-state index in [1.54, 1.807) is 0 Å². The number of fused-ring (bicyclic) bond motifs is 4. The van der Waals surface area contributed by atoms with Crippen molar-refractivity contribution in [2.75, 3.05) is 0 Å². The van der Waals surface area contributed by atoms with Gasteiger partial charge < -0.3 is 4.42 Å². The van der Waals surface area contributed by atoms with E-state index in [2.05, 4.69) is 0 Å². The van der Waals surface area contributed by atoms with E-state index < -0.39 is 297 Å². The molecule has 2 unspecified atom stereocenters. The van der Waals surface area contributed by atoms with Gasteiger partial charge in [0.2, 0.25) is 0 Å². The summed E-state index contributed by atoms with van der Waals surface area (Å²) < 4.78 is 285. The lowest BCUT2D eigenvalue weighted by Gasteiger charge is -2.36. The van der Waals surface area contributed by atoms with Crippen LogP contribution in [0.4, 0.5) is 0 Å². The van der Waals surface area contributed by atoms with Gasteiger partial charge in [-0.15, -0.1) is 0 Å². The second-order valence-electron chi connectivity index (χ2n) is 13.1. The highest BCUT2D eigenvalue weighted by atomic mass is 16.3. The molecular weight excluding hydrogens is 665 g/mol. The Hall–Kier alpha value is -6.96. The molecule has 1 heterocycles. The molecule has 3 aliphatic carbocycles. The third-order valence-corrected chi connectivity index (χ3v) is 10.2. The molecule has 0 amide bonds. The van der Waals surface area contributed by atoms with Gasteiger partial charge in [0.05, 0.1) is 41.1 Å². The van der Waals surface area contributed by atoms with Crippen molar-refractivity contribution < 1.29 is 45.5 Å². The zero-order valence-corrected chi connectivity index (χ0v) is 27.6. The van der Waals surface area contributed by atoms with E-state index in [-0.39, 0.29) is 16.5 Å². The first-order valence-corrected chi connectivity index (χ1v) is 16.9. The maximum Gasteiger partial charge on any atom is 0.136 e. The van der Waals surface area contributed by atoms with Crippen molar-refractivity contribution >= 4 is 77.1 Å². The average Bonchev–Trinajstić information content (AvgIpc) is 0.761. The largest absolute Gasteiger partial charge is 0.456 e. The van der Waals surface area contributed by atoms with Crippen LogP contribution in [0.25, 0.3) is 111 Å². The summed E-state index contributed by atoms with van der Waals surface area (Å²) in [4.78, 5) is 0. The Morgan fingerprint density at radius 3 is 2.11 bits per heavy atom. The van der Waals surface area contributed by atoms with Gasteiger partial charge in [-0.05, 0) is 129 Å². The van der Waals surface area contributed by atoms with E-state index in [1.165, 1.54) is 0 Å². The van der Waals surface area contributed by atoms with E-state index in [4.69, 9.17) is 22.2 Å². The molecule has 254 valence electrons. The number of furan rings is 1. The Labute approximate surface area is 359 Å². The number of benzene rings is 9. The molecule has 2 atom stereocenters. The van der Waals surface area contributed by atoms with Crippen LogP contribution in [0, 0.1) is 5.92 Å². The summed E-state index contributed by atoms with van der Waals surface area (Å²) in [6, 6.07) is -25.6. The van der Waals surface area contributed by atoms with Crippen molar-refractivity contribution in [3.8, 4) is 33.4 Å². The van der Waals surface area contributed by atoms with Crippen molar-refractivity contribution in [2.24, 2.45) is 5.92 Å². The summed E-state index contributed by atoms with van der Waals surface area (Å²) in [5, 5.41) is -4.86. The van der Waals surface area contributed by atoms with Crippen molar-refractivity contribution in [3.63, 3.8) is 0 Å². The third-order valence-electron chi connectivity index (χ3n) is 10.2. The van der Waals surface area contributed by atoms with Gasteiger partial charge in [-0.3, -0.25) is 0 Å². The highest BCUT2D eigenvalue weighted by Crippen LogP contribution is 2.51. The summed E-state index contributed by atoms with van der Waals surface area (Å²) >= 11 is 0. The predicted molar refractivity (Wildman–Crippen MR) is 233 cm³/mol. The molecule has 0 saturated carbocycles.